The summed E-state index contributed by atoms with van der Waals surface area (Å²) in [5.41, 5.74) is 5.05. The SMILES string of the molecule is Cc1ccc(C)c(N2CCN(c3nc4cccnc4s3)CC2)c1. The van der Waals surface area contributed by atoms with Gasteiger partial charge in [0.15, 0.2) is 5.13 Å². The summed E-state index contributed by atoms with van der Waals surface area (Å²) >= 11 is 1.69. The van der Waals surface area contributed by atoms with Crippen molar-refractivity contribution in [3.63, 3.8) is 0 Å². The van der Waals surface area contributed by atoms with Gasteiger partial charge in [-0.2, -0.15) is 0 Å². The monoisotopic (exact) mass is 324 g/mol. The molecule has 0 radical (unpaired) electrons. The molecule has 0 saturated carbocycles. The third-order valence-electron chi connectivity index (χ3n) is 4.41. The summed E-state index contributed by atoms with van der Waals surface area (Å²) in [7, 11) is 0. The number of piperazine rings is 1. The van der Waals surface area contributed by atoms with E-state index in [4.69, 9.17) is 4.98 Å². The van der Waals surface area contributed by atoms with Gasteiger partial charge in [-0.15, -0.1) is 0 Å². The molecule has 1 fully saturated rings. The molecule has 23 heavy (non-hydrogen) atoms. The smallest absolute Gasteiger partial charge is 0.188 e. The fraction of sp³-hybridized carbons (Fsp3) is 0.333. The fourth-order valence-corrected chi connectivity index (χ4v) is 4.05. The number of aryl methyl sites for hydroxylation is 2. The minimum atomic E-state index is 1.00. The lowest BCUT2D eigenvalue weighted by Crippen LogP contribution is -2.46. The minimum absolute atomic E-state index is 1.00. The van der Waals surface area contributed by atoms with Crippen LogP contribution in [0.1, 0.15) is 11.1 Å². The van der Waals surface area contributed by atoms with Gasteiger partial charge in [0.2, 0.25) is 0 Å². The Morgan fingerprint density at radius 1 is 1.00 bits per heavy atom. The second-order valence-electron chi connectivity index (χ2n) is 6.09. The summed E-state index contributed by atoms with van der Waals surface area (Å²) in [4.78, 5) is 15.0. The van der Waals surface area contributed by atoms with Gasteiger partial charge in [0.05, 0.1) is 0 Å². The molecule has 2 aromatic heterocycles. The van der Waals surface area contributed by atoms with Gasteiger partial charge in [-0.1, -0.05) is 23.5 Å². The van der Waals surface area contributed by atoms with Crippen LogP contribution in [0.15, 0.2) is 36.5 Å². The Morgan fingerprint density at radius 2 is 1.78 bits per heavy atom. The van der Waals surface area contributed by atoms with Crippen molar-refractivity contribution in [1.82, 2.24) is 9.97 Å². The molecule has 0 bridgehead atoms. The highest BCUT2D eigenvalue weighted by Gasteiger charge is 2.21. The number of aromatic nitrogens is 2. The molecule has 0 amide bonds. The molecule has 5 heteroatoms. The standard InChI is InChI=1S/C18H20N4S/c1-13-5-6-14(2)16(12-13)21-8-10-22(11-9-21)18-20-15-4-3-7-19-17(15)23-18/h3-7,12H,8-11H2,1-2H3. The number of thiazole rings is 1. The molecule has 4 nitrogen and oxygen atoms in total. The van der Waals surface area contributed by atoms with Crippen LogP contribution < -0.4 is 9.80 Å². The van der Waals surface area contributed by atoms with Crippen LogP contribution in [0.2, 0.25) is 0 Å². The summed E-state index contributed by atoms with van der Waals surface area (Å²) in [6.07, 6.45) is 1.84. The van der Waals surface area contributed by atoms with Gasteiger partial charge in [-0.05, 0) is 43.2 Å². The van der Waals surface area contributed by atoms with Crippen molar-refractivity contribution < 1.29 is 0 Å². The second-order valence-corrected chi connectivity index (χ2v) is 7.04. The van der Waals surface area contributed by atoms with Crippen LogP contribution in [0.25, 0.3) is 10.3 Å². The summed E-state index contributed by atoms with van der Waals surface area (Å²) < 4.78 is 0. The first kappa shape index (κ1) is 14.5. The number of pyridine rings is 1. The normalized spacial score (nSPS) is 15.4. The second kappa shape index (κ2) is 5.81. The number of hydrogen-bond acceptors (Lipinski definition) is 5. The van der Waals surface area contributed by atoms with E-state index < -0.39 is 0 Å². The van der Waals surface area contributed by atoms with Gasteiger partial charge in [0, 0.05) is 38.1 Å². The average Bonchev–Trinajstić information content (AvgIpc) is 3.01. The zero-order valence-electron chi connectivity index (χ0n) is 13.5. The molecule has 4 rings (SSSR count). The van der Waals surface area contributed by atoms with E-state index in [-0.39, 0.29) is 0 Å². The van der Waals surface area contributed by atoms with E-state index in [9.17, 15) is 0 Å². The Kier molecular flexibility index (Phi) is 3.65. The Bertz CT molecular complexity index is 801. The Labute approximate surface area is 140 Å². The van der Waals surface area contributed by atoms with E-state index >= 15 is 0 Å². The fourth-order valence-electron chi connectivity index (χ4n) is 3.09. The van der Waals surface area contributed by atoms with Gasteiger partial charge in [0.25, 0.3) is 0 Å². The number of rotatable bonds is 2. The van der Waals surface area contributed by atoms with Gasteiger partial charge in [-0.3, -0.25) is 0 Å². The van der Waals surface area contributed by atoms with Crippen molar-refractivity contribution in [2.75, 3.05) is 36.0 Å². The Morgan fingerprint density at radius 3 is 2.57 bits per heavy atom. The molecule has 0 spiro atoms. The van der Waals surface area contributed by atoms with E-state index in [1.165, 1.54) is 16.8 Å². The van der Waals surface area contributed by atoms with Gasteiger partial charge in [-0.25, -0.2) is 9.97 Å². The maximum atomic E-state index is 4.73. The number of nitrogens with zero attached hydrogens (tertiary/aromatic N) is 4. The maximum Gasteiger partial charge on any atom is 0.188 e. The quantitative estimate of drug-likeness (QED) is 0.720. The average molecular weight is 324 g/mol. The first-order chi connectivity index (χ1) is 11.2. The first-order valence-corrected chi connectivity index (χ1v) is 8.81. The predicted molar refractivity (Wildman–Crippen MR) is 97.8 cm³/mol. The number of fused-ring (bicyclic) bond motifs is 1. The largest absolute Gasteiger partial charge is 0.368 e. The molecule has 0 aliphatic carbocycles. The van der Waals surface area contributed by atoms with E-state index in [0.717, 1.165) is 41.7 Å². The zero-order chi connectivity index (χ0) is 15.8. The van der Waals surface area contributed by atoms with Crippen LogP contribution in [0.5, 0.6) is 0 Å². The maximum absolute atomic E-state index is 4.73. The summed E-state index contributed by atoms with van der Waals surface area (Å²) in [6, 6.07) is 10.7. The van der Waals surface area contributed by atoms with Crippen molar-refractivity contribution in [2.24, 2.45) is 0 Å². The van der Waals surface area contributed by atoms with Crippen LogP contribution in [0.4, 0.5) is 10.8 Å². The van der Waals surface area contributed by atoms with Crippen molar-refractivity contribution in [2.45, 2.75) is 13.8 Å². The summed E-state index contributed by atoms with van der Waals surface area (Å²) in [6.45, 7) is 8.44. The molecule has 0 atom stereocenters. The highest BCUT2D eigenvalue weighted by atomic mass is 32.1. The van der Waals surface area contributed by atoms with E-state index in [0.29, 0.717) is 0 Å². The molecule has 1 aliphatic rings. The van der Waals surface area contributed by atoms with E-state index in [1.807, 2.05) is 18.3 Å². The Balaban J connectivity index is 1.51. The number of hydrogen-bond donors (Lipinski definition) is 0. The molecule has 0 N–H and O–H groups in total. The lowest BCUT2D eigenvalue weighted by atomic mass is 10.1. The van der Waals surface area contributed by atoms with Crippen molar-refractivity contribution in [3.8, 4) is 0 Å². The third-order valence-corrected chi connectivity index (χ3v) is 5.45. The molecular formula is C18H20N4S. The first-order valence-electron chi connectivity index (χ1n) is 7.99. The zero-order valence-corrected chi connectivity index (χ0v) is 14.3. The van der Waals surface area contributed by atoms with Crippen molar-refractivity contribution in [3.05, 3.63) is 47.7 Å². The molecule has 0 unspecified atom stereocenters. The van der Waals surface area contributed by atoms with Crippen molar-refractivity contribution in [1.29, 1.82) is 0 Å². The lowest BCUT2D eigenvalue weighted by molar-refractivity contribution is 0.651. The predicted octanol–water partition coefficient (Wildman–Crippen LogP) is 3.63. The summed E-state index contributed by atoms with van der Waals surface area (Å²) in [5.74, 6) is 0. The van der Waals surface area contributed by atoms with Gasteiger partial charge in [0.1, 0.15) is 10.3 Å². The molecular weight excluding hydrogens is 304 g/mol. The topological polar surface area (TPSA) is 32.3 Å². The molecule has 3 aromatic rings. The Hall–Kier alpha value is -2.14. The highest BCUT2D eigenvalue weighted by molar-refractivity contribution is 7.21. The highest BCUT2D eigenvalue weighted by Crippen LogP contribution is 2.29. The molecule has 1 aliphatic heterocycles. The van der Waals surface area contributed by atoms with Crippen LogP contribution in [0.3, 0.4) is 0 Å². The number of anilines is 2. The van der Waals surface area contributed by atoms with Gasteiger partial charge < -0.3 is 9.80 Å². The molecule has 1 saturated heterocycles. The van der Waals surface area contributed by atoms with Gasteiger partial charge >= 0.3 is 0 Å². The van der Waals surface area contributed by atoms with Crippen LogP contribution in [0, 0.1) is 13.8 Å². The molecule has 1 aromatic carbocycles. The van der Waals surface area contributed by atoms with Crippen molar-refractivity contribution >= 4 is 32.5 Å². The van der Waals surface area contributed by atoms with E-state index in [2.05, 4.69) is 46.8 Å². The molecule has 118 valence electrons. The number of benzene rings is 1. The summed E-state index contributed by atoms with van der Waals surface area (Å²) in [5, 5.41) is 1.10. The van der Waals surface area contributed by atoms with Crippen LogP contribution >= 0.6 is 11.3 Å². The molecule has 3 heterocycles. The lowest BCUT2D eigenvalue weighted by Gasteiger charge is -2.36. The van der Waals surface area contributed by atoms with Crippen LogP contribution in [-0.4, -0.2) is 36.1 Å². The minimum Gasteiger partial charge on any atom is -0.368 e. The van der Waals surface area contributed by atoms with Crippen LogP contribution in [-0.2, 0) is 0 Å². The third kappa shape index (κ3) is 2.77. The van der Waals surface area contributed by atoms with E-state index in [1.54, 1.807) is 11.3 Å².